The molecule has 2 aliphatic rings. The molecule has 0 radical (unpaired) electrons. The van der Waals surface area contributed by atoms with Crippen LogP contribution >= 0.6 is 0 Å². The predicted molar refractivity (Wildman–Crippen MR) is 98.8 cm³/mol. The smallest absolute Gasteiger partial charge is 0.266 e. The molecule has 0 spiro atoms. The fourth-order valence-electron chi connectivity index (χ4n) is 4.05. The number of anilines is 1. The Morgan fingerprint density at radius 3 is 2.73 bits per heavy atom. The van der Waals surface area contributed by atoms with Crippen LogP contribution in [-0.2, 0) is 29.1 Å². The zero-order chi connectivity index (χ0) is 21.6. The molecule has 6 nitrogen and oxygen atoms in total. The summed E-state index contributed by atoms with van der Waals surface area (Å²) in [5.41, 5.74) is 0.304. The molecular formula is C20H20F4N4O2. The molecule has 10 heteroatoms. The third kappa shape index (κ3) is 3.54. The van der Waals surface area contributed by atoms with E-state index < -0.39 is 29.5 Å². The average molecular weight is 424 g/mol. The molecule has 0 N–H and O–H groups in total. The molecule has 30 heavy (non-hydrogen) atoms. The molecule has 1 fully saturated rings. The van der Waals surface area contributed by atoms with Crippen molar-refractivity contribution in [2.45, 2.75) is 51.7 Å². The topological polar surface area (TPSA) is 58.4 Å². The monoisotopic (exact) mass is 424 g/mol. The lowest BCUT2D eigenvalue weighted by molar-refractivity contribution is -0.134. The second-order valence-corrected chi connectivity index (χ2v) is 7.64. The number of amides is 2. The predicted octanol–water partition coefficient (Wildman–Crippen LogP) is 3.20. The maximum atomic E-state index is 13.7. The Morgan fingerprint density at radius 1 is 1.30 bits per heavy atom. The average Bonchev–Trinajstić information content (AvgIpc) is 3.28. The fourth-order valence-corrected chi connectivity index (χ4v) is 4.05. The van der Waals surface area contributed by atoms with Gasteiger partial charge in [0.15, 0.2) is 11.6 Å². The number of aromatic nitrogens is 2. The summed E-state index contributed by atoms with van der Waals surface area (Å²) in [5, 5.41) is 4.33. The molecule has 2 aliphatic heterocycles. The Bertz CT molecular complexity index is 1010. The van der Waals surface area contributed by atoms with Gasteiger partial charge in [0.1, 0.15) is 0 Å². The van der Waals surface area contributed by atoms with E-state index in [0.29, 0.717) is 25.2 Å². The van der Waals surface area contributed by atoms with Crippen LogP contribution in [0.5, 0.6) is 0 Å². The summed E-state index contributed by atoms with van der Waals surface area (Å²) in [6.45, 7) is 3.00. The summed E-state index contributed by atoms with van der Waals surface area (Å²) in [5.74, 6) is -3.41. The first-order chi connectivity index (χ1) is 14.3. The molecule has 1 aromatic carbocycles. The van der Waals surface area contributed by atoms with Gasteiger partial charge in [-0.15, -0.1) is 0 Å². The Balaban J connectivity index is 1.56. The van der Waals surface area contributed by atoms with Crippen molar-refractivity contribution in [1.29, 1.82) is 0 Å². The van der Waals surface area contributed by atoms with E-state index in [1.54, 1.807) is 20.7 Å². The number of rotatable bonds is 4. The number of hydrogen-bond acceptors (Lipinski definition) is 3. The normalized spacial score (nSPS) is 19.0. The van der Waals surface area contributed by atoms with Crippen molar-refractivity contribution < 1.29 is 27.2 Å². The lowest BCUT2D eigenvalue weighted by Gasteiger charge is -2.35. The van der Waals surface area contributed by atoms with Gasteiger partial charge in [-0.2, -0.15) is 5.10 Å². The Morgan fingerprint density at radius 2 is 2.07 bits per heavy atom. The fraction of sp³-hybridized carbons (Fsp3) is 0.450. The standard InChI is InChI=1S/C20H20F4N4O2/c1-11-9-28-16(15(8-25-28)26-4-2-3-17(26)29)10-27(11)18(30)7-12-5-13(20(23)24)19(22)14(21)6-12/h5-6,8,11,20H,2-4,7,9-10H2,1H3/t11-/m0/s1. The van der Waals surface area contributed by atoms with E-state index in [0.717, 1.165) is 24.2 Å². The highest BCUT2D eigenvalue weighted by molar-refractivity contribution is 5.95. The van der Waals surface area contributed by atoms with Crippen LogP contribution < -0.4 is 4.90 Å². The lowest BCUT2D eigenvalue weighted by atomic mass is 10.0. The van der Waals surface area contributed by atoms with Gasteiger partial charge >= 0.3 is 0 Å². The molecule has 4 rings (SSSR count). The van der Waals surface area contributed by atoms with E-state index >= 15 is 0 Å². The number of benzene rings is 1. The van der Waals surface area contributed by atoms with Gasteiger partial charge in [0, 0.05) is 19.0 Å². The van der Waals surface area contributed by atoms with Crippen molar-refractivity contribution >= 4 is 17.5 Å². The maximum absolute atomic E-state index is 13.7. The number of halogens is 4. The van der Waals surface area contributed by atoms with Crippen LogP contribution in [0.1, 0.15) is 43.0 Å². The summed E-state index contributed by atoms with van der Waals surface area (Å²) >= 11 is 0. The Labute approximate surface area is 170 Å². The molecule has 2 amide bonds. The first kappa shape index (κ1) is 20.4. The number of nitrogens with zero attached hydrogens (tertiary/aromatic N) is 4. The summed E-state index contributed by atoms with van der Waals surface area (Å²) in [6.07, 6.45) is -0.688. The summed E-state index contributed by atoms with van der Waals surface area (Å²) in [6, 6.07) is 1.35. The highest BCUT2D eigenvalue weighted by Gasteiger charge is 2.33. The molecule has 0 unspecified atom stereocenters. The molecular weight excluding hydrogens is 404 g/mol. The van der Waals surface area contributed by atoms with Crippen molar-refractivity contribution in [3.8, 4) is 0 Å². The maximum Gasteiger partial charge on any atom is 0.266 e. The third-order valence-electron chi connectivity index (χ3n) is 5.61. The van der Waals surface area contributed by atoms with Crippen LogP contribution in [0.15, 0.2) is 18.3 Å². The van der Waals surface area contributed by atoms with Gasteiger partial charge < -0.3 is 9.80 Å². The Kier molecular flexibility index (Phi) is 5.25. The minimum absolute atomic E-state index is 0.00335. The molecule has 0 saturated carbocycles. The molecule has 2 aromatic rings. The lowest BCUT2D eigenvalue weighted by Crippen LogP contribution is -2.46. The summed E-state index contributed by atoms with van der Waals surface area (Å²) < 4.78 is 54.9. The van der Waals surface area contributed by atoms with Crippen LogP contribution in [0.25, 0.3) is 0 Å². The van der Waals surface area contributed by atoms with Gasteiger partial charge in [0.25, 0.3) is 6.43 Å². The van der Waals surface area contributed by atoms with Crippen molar-refractivity contribution in [3.63, 3.8) is 0 Å². The third-order valence-corrected chi connectivity index (χ3v) is 5.61. The zero-order valence-electron chi connectivity index (χ0n) is 16.2. The molecule has 3 heterocycles. The number of hydrogen-bond donors (Lipinski definition) is 0. The number of fused-ring (bicyclic) bond motifs is 1. The first-order valence-corrected chi connectivity index (χ1v) is 9.66. The first-order valence-electron chi connectivity index (χ1n) is 9.66. The second-order valence-electron chi connectivity index (χ2n) is 7.64. The van der Waals surface area contributed by atoms with Gasteiger partial charge in [0.2, 0.25) is 11.8 Å². The zero-order valence-corrected chi connectivity index (χ0v) is 16.2. The molecule has 1 aromatic heterocycles. The molecule has 0 bridgehead atoms. The van der Waals surface area contributed by atoms with E-state index in [2.05, 4.69) is 5.10 Å². The second kappa shape index (κ2) is 7.73. The minimum Gasteiger partial charge on any atom is -0.332 e. The van der Waals surface area contributed by atoms with E-state index in [4.69, 9.17) is 0 Å². The van der Waals surface area contributed by atoms with Gasteiger partial charge in [0.05, 0.1) is 42.7 Å². The summed E-state index contributed by atoms with van der Waals surface area (Å²) in [7, 11) is 0. The van der Waals surface area contributed by atoms with Crippen LogP contribution in [-0.4, -0.2) is 39.1 Å². The number of carbonyl (C=O) groups is 2. The highest BCUT2D eigenvalue weighted by atomic mass is 19.3. The molecule has 1 saturated heterocycles. The van der Waals surface area contributed by atoms with Crippen molar-refractivity contribution in [1.82, 2.24) is 14.7 Å². The van der Waals surface area contributed by atoms with E-state index in [-0.39, 0.29) is 30.5 Å². The molecule has 0 aliphatic carbocycles. The van der Waals surface area contributed by atoms with Crippen LogP contribution in [0.2, 0.25) is 0 Å². The van der Waals surface area contributed by atoms with Crippen molar-refractivity contribution in [2.24, 2.45) is 0 Å². The van der Waals surface area contributed by atoms with Crippen molar-refractivity contribution in [3.05, 3.63) is 46.8 Å². The quantitative estimate of drug-likeness (QED) is 0.709. The van der Waals surface area contributed by atoms with Crippen LogP contribution in [0, 0.1) is 11.6 Å². The van der Waals surface area contributed by atoms with E-state index in [9.17, 15) is 27.2 Å². The van der Waals surface area contributed by atoms with Gasteiger partial charge in [-0.1, -0.05) is 0 Å². The number of alkyl halides is 2. The van der Waals surface area contributed by atoms with Gasteiger partial charge in [-0.3, -0.25) is 14.3 Å². The minimum atomic E-state index is -3.18. The van der Waals surface area contributed by atoms with Crippen LogP contribution in [0.3, 0.4) is 0 Å². The summed E-state index contributed by atoms with van der Waals surface area (Å²) in [4.78, 5) is 28.2. The molecule has 160 valence electrons. The van der Waals surface area contributed by atoms with E-state index in [1.165, 1.54) is 0 Å². The van der Waals surface area contributed by atoms with Crippen LogP contribution in [0.4, 0.5) is 23.2 Å². The SMILES string of the molecule is C[C@H]1Cn2ncc(N3CCCC3=O)c2CN1C(=O)Cc1cc(F)c(F)c(C(F)F)c1. The number of carbonyl (C=O) groups excluding carboxylic acids is 2. The van der Waals surface area contributed by atoms with E-state index in [1.807, 2.05) is 6.92 Å². The van der Waals surface area contributed by atoms with Gasteiger partial charge in [-0.25, -0.2) is 17.6 Å². The highest BCUT2D eigenvalue weighted by Crippen LogP contribution is 2.31. The molecule has 1 atom stereocenters. The Hall–Kier alpha value is -2.91. The van der Waals surface area contributed by atoms with Crippen molar-refractivity contribution in [2.75, 3.05) is 11.4 Å². The largest absolute Gasteiger partial charge is 0.332 e. The van der Waals surface area contributed by atoms with Gasteiger partial charge in [-0.05, 0) is 31.0 Å².